The lowest BCUT2D eigenvalue weighted by Crippen LogP contribution is -2.54. The van der Waals surface area contributed by atoms with Crippen molar-refractivity contribution < 1.29 is 9.84 Å². The number of nitrogens with one attached hydrogen (secondary N) is 2. The van der Waals surface area contributed by atoms with Crippen molar-refractivity contribution in [2.24, 2.45) is 11.8 Å². The summed E-state index contributed by atoms with van der Waals surface area (Å²) in [5, 5.41) is 13.6. The van der Waals surface area contributed by atoms with Crippen molar-refractivity contribution in [3.05, 3.63) is 51.6 Å². The molecule has 0 aliphatic heterocycles. The highest BCUT2D eigenvalue weighted by Crippen LogP contribution is 2.56. The molecule has 0 spiro atoms. The number of H-pyrrole nitrogens is 1. The van der Waals surface area contributed by atoms with Crippen LogP contribution in [0.3, 0.4) is 0 Å². The molecule has 2 saturated carbocycles. The first-order valence-electron chi connectivity index (χ1n) is 9.24. The Morgan fingerprint density at radius 2 is 2.00 bits per heavy atom. The zero-order valence-corrected chi connectivity index (χ0v) is 15.2. The number of fused-ring (bicyclic) bond motifs is 1. The third-order valence-corrected chi connectivity index (χ3v) is 6.06. The van der Waals surface area contributed by atoms with Crippen molar-refractivity contribution in [2.75, 3.05) is 7.11 Å². The fourth-order valence-electron chi connectivity index (χ4n) is 4.83. The van der Waals surface area contributed by atoms with Gasteiger partial charge in [0.1, 0.15) is 11.6 Å². The fraction of sp³-hybridized carbons (Fsp3) is 0.500. The van der Waals surface area contributed by atoms with Crippen LogP contribution < -0.4 is 15.6 Å². The zero-order chi connectivity index (χ0) is 18.3. The summed E-state index contributed by atoms with van der Waals surface area (Å²) in [7, 11) is 1.68. The van der Waals surface area contributed by atoms with Gasteiger partial charge < -0.3 is 20.1 Å². The molecular formula is C20H25N3O3. The Morgan fingerprint density at radius 3 is 2.69 bits per heavy atom. The van der Waals surface area contributed by atoms with Gasteiger partial charge >= 0.3 is 0 Å². The molecule has 0 bridgehead atoms. The number of benzene rings is 1. The summed E-state index contributed by atoms with van der Waals surface area (Å²) in [6, 6.07) is 8.62. The normalized spacial score (nSPS) is 27.0. The molecule has 3 N–H and O–H groups in total. The Balaban J connectivity index is 1.53. The van der Waals surface area contributed by atoms with E-state index >= 15 is 0 Å². The molecule has 0 radical (unpaired) electrons. The molecule has 6 heteroatoms. The average molecular weight is 355 g/mol. The summed E-state index contributed by atoms with van der Waals surface area (Å²) < 4.78 is 5.27. The second kappa shape index (κ2) is 6.76. The lowest BCUT2D eigenvalue weighted by molar-refractivity contribution is 0.0937. The van der Waals surface area contributed by atoms with E-state index in [1.807, 2.05) is 12.1 Å². The van der Waals surface area contributed by atoms with Crippen molar-refractivity contribution in [3.8, 4) is 11.6 Å². The van der Waals surface area contributed by atoms with E-state index in [0.29, 0.717) is 41.7 Å². The van der Waals surface area contributed by atoms with Gasteiger partial charge in [-0.3, -0.25) is 4.79 Å². The van der Waals surface area contributed by atoms with Gasteiger partial charge in [0.15, 0.2) is 0 Å². The van der Waals surface area contributed by atoms with E-state index < -0.39 is 0 Å². The second-order valence-corrected chi connectivity index (χ2v) is 7.42. The van der Waals surface area contributed by atoms with Gasteiger partial charge in [-0.1, -0.05) is 18.6 Å². The quantitative estimate of drug-likeness (QED) is 0.767. The van der Waals surface area contributed by atoms with Crippen LogP contribution in [0.5, 0.6) is 11.6 Å². The number of methoxy groups -OCH3 is 1. The van der Waals surface area contributed by atoms with Crippen molar-refractivity contribution in [1.29, 1.82) is 0 Å². The van der Waals surface area contributed by atoms with Crippen LogP contribution in [0.1, 0.15) is 42.1 Å². The van der Waals surface area contributed by atoms with Gasteiger partial charge in [-0.2, -0.15) is 0 Å². The third-order valence-electron chi connectivity index (χ3n) is 6.06. The van der Waals surface area contributed by atoms with Crippen molar-refractivity contribution >= 4 is 0 Å². The topological polar surface area (TPSA) is 87.2 Å². The van der Waals surface area contributed by atoms with Crippen LogP contribution in [-0.2, 0) is 6.54 Å². The minimum Gasteiger partial charge on any atom is -0.497 e. The summed E-state index contributed by atoms with van der Waals surface area (Å²) in [5.41, 5.74) is 1.35. The van der Waals surface area contributed by atoms with Crippen LogP contribution in [0.15, 0.2) is 29.1 Å². The van der Waals surface area contributed by atoms with Crippen LogP contribution in [0.4, 0.5) is 0 Å². The average Bonchev–Trinajstić information content (AvgIpc) is 3.01. The Bertz CT molecular complexity index is 846. The largest absolute Gasteiger partial charge is 0.497 e. The standard InChI is InChI=1S/C20H25N3O3/c1-11-22-19(24)16(20(25)23-11)10-21-18-15-5-3-4-14(15)17(18)12-6-8-13(26-2)9-7-12/h6-9,14-15,17-18,21H,3-5,10H2,1-2H3,(H2,22,23,24,25)/t14-,15-,17+,18+/m0/s1. The van der Waals surface area contributed by atoms with Crippen LogP contribution >= 0.6 is 0 Å². The Kier molecular flexibility index (Phi) is 4.44. The van der Waals surface area contributed by atoms with Gasteiger partial charge in [0.25, 0.3) is 5.56 Å². The van der Waals surface area contributed by atoms with Gasteiger partial charge in [0, 0.05) is 18.5 Å². The molecule has 1 heterocycles. The maximum absolute atomic E-state index is 12.1. The van der Waals surface area contributed by atoms with Gasteiger partial charge in [0.2, 0.25) is 5.88 Å². The van der Waals surface area contributed by atoms with E-state index in [1.54, 1.807) is 14.0 Å². The number of aromatic amines is 1. The number of ether oxygens (including phenoxy) is 1. The summed E-state index contributed by atoms with van der Waals surface area (Å²) in [6.07, 6.45) is 3.75. The number of aromatic hydroxyl groups is 1. The van der Waals surface area contributed by atoms with Gasteiger partial charge in [-0.25, -0.2) is 4.98 Å². The van der Waals surface area contributed by atoms with Crippen molar-refractivity contribution in [1.82, 2.24) is 15.3 Å². The Morgan fingerprint density at radius 1 is 1.27 bits per heavy atom. The SMILES string of the molecule is COc1ccc([C@@H]2[C@H]3CCC[C@@H]3[C@H]2NCc2c(O)nc(C)[nH]c2=O)cc1. The van der Waals surface area contributed by atoms with Crippen molar-refractivity contribution in [2.45, 2.75) is 44.7 Å². The maximum Gasteiger partial charge on any atom is 0.259 e. The summed E-state index contributed by atoms with van der Waals surface area (Å²) in [6.45, 7) is 1.99. The minimum absolute atomic E-state index is 0.179. The number of nitrogens with zero attached hydrogens (tertiary/aromatic N) is 1. The molecule has 2 aliphatic rings. The lowest BCUT2D eigenvalue weighted by Gasteiger charge is -2.50. The van der Waals surface area contributed by atoms with E-state index in [1.165, 1.54) is 24.8 Å². The molecule has 1 aromatic carbocycles. The van der Waals surface area contributed by atoms with E-state index in [0.717, 1.165) is 5.75 Å². The molecule has 2 aromatic rings. The molecule has 1 aromatic heterocycles. The predicted molar refractivity (Wildman–Crippen MR) is 98.5 cm³/mol. The molecule has 0 amide bonds. The van der Waals surface area contributed by atoms with Crippen LogP contribution in [0, 0.1) is 18.8 Å². The zero-order valence-electron chi connectivity index (χ0n) is 15.2. The first-order valence-corrected chi connectivity index (χ1v) is 9.24. The smallest absolute Gasteiger partial charge is 0.259 e. The number of aromatic nitrogens is 2. The first-order chi connectivity index (χ1) is 12.6. The van der Waals surface area contributed by atoms with Crippen LogP contribution in [0.2, 0.25) is 0 Å². The number of hydrogen-bond donors (Lipinski definition) is 3. The highest BCUT2D eigenvalue weighted by molar-refractivity contribution is 5.34. The molecule has 0 unspecified atom stereocenters. The van der Waals surface area contributed by atoms with Crippen molar-refractivity contribution in [3.63, 3.8) is 0 Å². The van der Waals surface area contributed by atoms with Gasteiger partial charge in [-0.15, -0.1) is 0 Å². The molecule has 26 heavy (non-hydrogen) atoms. The van der Waals surface area contributed by atoms with E-state index in [9.17, 15) is 9.90 Å². The molecule has 2 aliphatic carbocycles. The lowest BCUT2D eigenvalue weighted by atomic mass is 9.60. The highest BCUT2D eigenvalue weighted by Gasteiger charge is 2.52. The maximum atomic E-state index is 12.1. The first kappa shape index (κ1) is 17.1. The summed E-state index contributed by atoms with van der Waals surface area (Å²) in [4.78, 5) is 18.7. The molecule has 6 nitrogen and oxygen atoms in total. The number of rotatable bonds is 5. The van der Waals surface area contributed by atoms with Gasteiger partial charge in [0.05, 0.1) is 12.7 Å². The predicted octanol–water partition coefficient (Wildman–Crippen LogP) is 2.46. The molecular weight excluding hydrogens is 330 g/mol. The Hall–Kier alpha value is -2.34. The van der Waals surface area contributed by atoms with E-state index in [2.05, 4.69) is 27.4 Å². The molecule has 4 atom stereocenters. The molecule has 4 rings (SSSR count). The highest BCUT2D eigenvalue weighted by atomic mass is 16.5. The number of hydrogen-bond acceptors (Lipinski definition) is 5. The summed E-state index contributed by atoms with van der Waals surface area (Å²) in [5.74, 6) is 2.88. The van der Waals surface area contributed by atoms with Crippen LogP contribution in [0.25, 0.3) is 0 Å². The van der Waals surface area contributed by atoms with E-state index in [-0.39, 0.29) is 11.4 Å². The number of aryl methyl sites for hydroxylation is 1. The molecule has 138 valence electrons. The minimum atomic E-state index is -0.272. The summed E-state index contributed by atoms with van der Waals surface area (Å²) >= 11 is 0. The van der Waals surface area contributed by atoms with Crippen LogP contribution in [-0.4, -0.2) is 28.2 Å². The van der Waals surface area contributed by atoms with Gasteiger partial charge in [-0.05, 0) is 49.3 Å². The molecule has 2 fully saturated rings. The second-order valence-electron chi connectivity index (χ2n) is 7.42. The fourth-order valence-corrected chi connectivity index (χ4v) is 4.83. The molecule has 0 saturated heterocycles. The monoisotopic (exact) mass is 355 g/mol. The third kappa shape index (κ3) is 2.88. The van der Waals surface area contributed by atoms with E-state index in [4.69, 9.17) is 4.74 Å². The Labute approximate surface area is 152 Å².